The van der Waals surface area contributed by atoms with Crippen molar-refractivity contribution in [3.8, 4) is 0 Å². The standard InChI is InChI=1S/C6H4ClF2N3O/c7-3-1-11-4(2-10-3)12-6(13)5(8)9/h1-2,5H,(H,11,12,13). The highest BCUT2D eigenvalue weighted by Crippen LogP contribution is 2.06. The fourth-order valence-electron chi connectivity index (χ4n) is 0.558. The van der Waals surface area contributed by atoms with Crippen LogP contribution in [0.5, 0.6) is 0 Å². The Balaban J connectivity index is 2.65. The van der Waals surface area contributed by atoms with Gasteiger partial charge >= 0.3 is 6.43 Å². The molecule has 0 saturated heterocycles. The SMILES string of the molecule is O=C(Nc1cnc(Cl)cn1)C(F)F. The van der Waals surface area contributed by atoms with Crippen molar-refractivity contribution in [3.63, 3.8) is 0 Å². The first-order valence-corrected chi connectivity index (χ1v) is 3.54. The maximum atomic E-state index is 11.7. The number of halogens is 3. The van der Waals surface area contributed by atoms with Crippen LogP contribution in [0.25, 0.3) is 0 Å². The molecule has 1 amide bonds. The van der Waals surface area contributed by atoms with Crippen LogP contribution in [0.4, 0.5) is 14.6 Å². The molecule has 13 heavy (non-hydrogen) atoms. The van der Waals surface area contributed by atoms with Crippen molar-refractivity contribution in [2.45, 2.75) is 6.43 Å². The number of amides is 1. The summed E-state index contributed by atoms with van der Waals surface area (Å²) in [7, 11) is 0. The second kappa shape index (κ2) is 4.08. The topological polar surface area (TPSA) is 54.9 Å². The Labute approximate surface area is 76.9 Å². The highest BCUT2D eigenvalue weighted by molar-refractivity contribution is 6.29. The Morgan fingerprint density at radius 1 is 1.46 bits per heavy atom. The van der Waals surface area contributed by atoms with E-state index in [0.29, 0.717) is 0 Å². The quantitative estimate of drug-likeness (QED) is 0.796. The van der Waals surface area contributed by atoms with Crippen LogP contribution in [0, 0.1) is 0 Å². The van der Waals surface area contributed by atoms with Crippen molar-refractivity contribution in [2.75, 3.05) is 5.32 Å². The van der Waals surface area contributed by atoms with E-state index in [0.717, 1.165) is 12.4 Å². The summed E-state index contributed by atoms with van der Waals surface area (Å²) < 4.78 is 23.4. The smallest absolute Gasteiger partial charge is 0.304 e. The molecule has 1 aromatic rings. The van der Waals surface area contributed by atoms with Crippen molar-refractivity contribution in [3.05, 3.63) is 17.5 Å². The van der Waals surface area contributed by atoms with Gasteiger partial charge in [0.15, 0.2) is 5.82 Å². The molecule has 0 spiro atoms. The van der Waals surface area contributed by atoms with Gasteiger partial charge in [0.25, 0.3) is 5.91 Å². The minimum Gasteiger partial charge on any atom is -0.304 e. The number of carbonyl (C=O) groups excluding carboxylic acids is 1. The summed E-state index contributed by atoms with van der Waals surface area (Å²) in [5.74, 6) is -1.48. The number of alkyl halides is 2. The largest absolute Gasteiger partial charge is 0.315 e. The second-order valence-corrected chi connectivity index (χ2v) is 2.40. The molecule has 0 unspecified atom stereocenters. The summed E-state index contributed by atoms with van der Waals surface area (Å²) in [5.41, 5.74) is 0. The van der Waals surface area contributed by atoms with Crippen molar-refractivity contribution < 1.29 is 13.6 Å². The Morgan fingerprint density at radius 3 is 2.62 bits per heavy atom. The minimum atomic E-state index is -3.07. The lowest BCUT2D eigenvalue weighted by Gasteiger charge is -2.01. The normalized spacial score (nSPS) is 10.2. The van der Waals surface area contributed by atoms with Crippen LogP contribution in [0.15, 0.2) is 12.4 Å². The van der Waals surface area contributed by atoms with Gasteiger partial charge in [0.2, 0.25) is 0 Å². The van der Waals surface area contributed by atoms with Crippen molar-refractivity contribution in [1.82, 2.24) is 9.97 Å². The number of nitrogens with zero attached hydrogens (tertiary/aromatic N) is 2. The third kappa shape index (κ3) is 2.90. The van der Waals surface area contributed by atoms with Gasteiger partial charge in [0, 0.05) is 0 Å². The Kier molecular flexibility index (Phi) is 3.07. The zero-order valence-corrected chi connectivity index (χ0v) is 6.92. The predicted molar refractivity (Wildman–Crippen MR) is 41.7 cm³/mol. The maximum absolute atomic E-state index is 11.7. The molecule has 1 aromatic heterocycles. The number of aromatic nitrogens is 2. The molecule has 0 saturated carbocycles. The minimum absolute atomic E-state index is 0.0605. The fourth-order valence-corrected chi connectivity index (χ4v) is 0.655. The molecule has 1 N–H and O–H groups in total. The maximum Gasteiger partial charge on any atom is 0.315 e. The molecule has 70 valence electrons. The molecule has 0 aliphatic rings. The summed E-state index contributed by atoms with van der Waals surface area (Å²) in [4.78, 5) is 17.5. The van der Waals surface area contributed by atoms with Gasteiger partial charge in [0.1, 0.15) is 5.15 Å². The van der Waals surface area contributed by atoms with Crippen LogP contribution >= 0.6 is 11.6 Å². The Bertz CT molecular complexity index is 303. The predicted octanol–water partition coefficient (Wildman–Crippen LogP) is 1.33. The Morgan fingerprint density at radius 2 is 2.15 bits per heavy atom. The first kappa shape index (κ1) is 9.79. The van der Waals surface area contributed by atoms with E-state index in [1.165, 1.54) is 0 Å². The highest BCUT2D eigenvalue weighted by Gasteiger charge is 2.15. The zero-order chi connectivity index (χ0) is 9.84. The van der Waals surface area contributed by atoms with Gasteiger partial charge in [0.05, 0.1) is 12.4 Å². The average molecular weight is 208 g/mol. The summed E-state index contributed by atoms with van der Waals surface area (Å²) in [6.07, 6.45) is -0.844. The molecule has 0 aliphatic carbocycles. The van der Waals surface area contributed by atoms with Crippen LogP contribution in [0.2, 0.25) is 5.15 Å². The van der Waals surface area contributed by atoms with Gasteiger partial charge in [-0.25, -0.2) is 9.97 Å². The van der Waals surface area contributed by atoms with Crippen LogP contribution < -0.4 is 5.32 Å². The Hall–Kier alpha value is -1.30. The second-order valence-electron chi connectivity index (χ2n) is 2.01. The number of hydrogen-bond donors (Lipinski definition) is 1. The summed E-state index contributed by atoms with van der Waals surface area (Å²) in [6.45, 7) is 0. The van der Waals surface area contributed by atoms with Crippen LogP contribution in [0.3, 0.4) is 0 Å². The van der Waals surface area contributed by atoms with E-state index < -0.39 is 12.3 Å². The van der Waals surface area contributed by atoms with Crippen LogP contribution in [-0.2, 0) is 4.79 Å². The first-order chi connectivity index (χ1) is 6.09. The highest BCUT2D eigenvalue weighted by atomic mass is 35.5. The van der Waals surface area contributed by atoms with Crippen molar-refractivity contribution in [1.29, 1.82) is 0 Å². The number of carbonyl (C=O) groups is 1. The summed E-state index contributed by atoms with van der Waals surface area (Å²) >= 11 is 5.38. The monoisotopic (exact) mass is 207 g/mol. The molecule has 0 bridgehead atoms. The number of hydrogen-bond acceptors (Lipinski definition) is 3. The molecule has 0 atom stereocenters. The van der Waals surface area contributed by atoms with E-state index in [1.54, 1.807) is 0 Å². The summed E-state index contributed by atoms with van der Waals surface area (Å²) in [5, 5.41) is 1.97. The molecule has 0 fully saturated rings. The molecule has 0 radical (unpaired) electrons. The molecule has 0 aliphatic heterocycles. The number of nitrogens with one attached hydrogen (secondary N) is 1. The number of anilines is 1. The van der Waals surface area contributed by atoms with Gasteiger partial charge in [-0.2, -0.15) is 8.78 Å². The summed E-state index contributed by atoms with van der Waals surface area (Å²) in [6, 6.07) is 0. The van der Waals surface area contributed by atoms with Crippen LogP contribution in [-0.4, -0.2) is 22.3 Å². The molecule has 7 heteroatoms. The molecule has 1 rings (SSSR count). The lowest BCUT2D eigenvalue weighted by Crippen LogP contribution is -2.20. The molecule has 4 nitrogen and oxygen atoms in total. The van der Waals surface area contributed by atoms with E-state index in [9.17, 15) is 13.6 Å². The van der Waals surface area contributed by atoms with E-state index in [-0.39, 0.29) is 11.0 Å². The van der Waals surface area contributed by atoms with Gasteiger partial charge in [-0.1, -0.05) is 11.6 Å². The third-order valence-electron chi connectivity index (χ3n) is 1.07. The lowest BCUT2D eigenvalue weighted by molar-refractivity contribution is -0.126. The van der Waals surface area contributed by atoms with Gasteiger partial charge in [-0.15, -0.1) is 0 Å². The van der Waals surface area contributed by atoms with Gasteiger partial charge in [-0.05, 0) is 0 Å². The number of rotatable bonds is 2. The third-order valence-corrected chi connectivity index (χ3v) is 1.26. The molecular weight excluding hydrogens is 204 g/mol. The fraction of sp³-hybridized carbons (Fsp3) is 0.167. The zero-order valence-electron chi connectivity index (χ0n) is 6.17. The van der Waals surface area contributed by atoms with Crippen molar-refractivity contribution >= 4 is 23.3 Å². The van der Waals surface area contributed by atoms with Crippen LogP contribution in [0.1, 0.15) is 0 Å². The van der Waals surface area contributed by atoms with E-state index in [4.69, 9.17) is 11.6 Å². The van der Waals surface area contributed by atoms with Gasteiger partial charge in [-0.3, -0.25) is 4.79 Å². The molecule has 1 heterocycles. The van der Waals surface area contributed by atoms with E-state index in [2.05, 4.69) is 9.97 Å². The van der Waals surface area contributed by atoms with Gasteiger partial charge < -0.3 is 5.32 Å². The van der Waals surface area contributed by atoms with E-state index >= 15 is 0 Å². The van der Waals surface area contributed by atoms with E-state index in [1.807, 2.05) is 5.32 Å². The first-order valence-electron chi connectivity index (χ1n) is 3.16. The molecule has 0 aromatic carbocycles. The average Bonchev–Trinajstić information content (AvgIpc) is 2.08. The molecular formula is C6H4ClF2N3O. The lowest BCUT2D eigenvalue weighted by atomic mass is 10.6. The van der Waals surface area contributed by atoms with Crippen molar-refractivity contribution in [2.24, 2.45) is 0 Å².